The van der Waals surface area contributed by atoms with Crippen LogP contribution in [0, 0.1) is 17.2 Å². The maximum atomic E-state index is 11.2. The first kappa shape index (κ1) is 13.4. The smallest absolute Gasteiger partial charge is 0.309 e. The highest BCUT2D eigenvalue weighted by molar-refractivity contribution is 5.79. The number of nitrogens with zero attached hydrogens (tertiary/aromatic N) is 1. The Morgan fingerprint density at radius 1 is 1.40 bits per heavy atom. The second-order valence-electron chi connectivity index (χ2n) is 2.99. The summed E-state index contributed by atoms with van der Waals surface area (Å²) in [6.07, 6.45) is 0.178. The average Bonchev–Trinajstić information content (AvgIpc) is 2.18. The van der Waals surface area contributed by atoms with Crippen molar-refractivity contribution in [1.29, 1.82) is 5.26 Å². The highest BCUT2D eigenvalue weighted by Gasteiger charge is 2.18. The van der Waals surface area contributed by atoms with Gasteiger partial charge in [0.15, 0.2) is 0 Å². The number of nitriles is 1. The van der Waals surface area contributed by atoms with E-state index in [1.807, 2.05) is 6.07 Å². The van der Waals surface area contributed by atoms with Crippen LogP contribution in [0.4, 0.5) is 0 Å². The summed E-state index contributed by atoms with van der Waals surface area (Å²) in [5, 5.41) is 8.22. The van der Waals surface area contributed by atoms with Gasteiger partial charge < -0.3 is 9.47 Å². The molecule has 1 atom stereocenters. The van der Waals surface area contributed by atoms with Gasteiger partial charge in [0.05, 0.1) is 31.4 Å². The first-order valence-corrected chi connectivity index (χ1v) is 4.81. The van der Waals surface area contributed by atoms with E-state index >= 15 is 0 Å². The summed E-state index contributed by atoms with van der Waals surface area (Å²) in [5.41, 5.74) is 0. The van der Waals surface area contributed by atoms with Gasteiger partial charge in [-0.3, -0.25) is 9.59 Å². The maximum Gasteiger partial charge on any atom is 0.309 e. The number of ether oxygens (including phenoxy) is 2. The second kappa shape index (κ2) is 7.80. The summed E-state index contributed by atoms with van der Waals surface area (Å²) < 4.78 is 9.44. The van der Waals surface area contributed by atoms with Crippen LogP contribution >= 0.6 is 0 Å². The van der Waals surface area contributed by atoms with E-state index in [9.17, 15) is 9.59 Å². The van der Waals surface area contributed by atoms with Crippen molar-refractivity contribution >= 4 is 11.9 Å². The molecule has 0 heterocycles. The molecule has 0 amide bonds. The van der Waals surface area contributed by atoms with Crippen molar-refractivity contribution in [3.8, 4) is 6.07 Å². The average molecular weight is 213 g/mol. The molecule has 0 aliphatic heterocycles. The third-order valence-electron chi connectivity index (χ3n) is 1.64. The summed E-state index contributed by atoms with van der Waals surface area (Å²) >= 11 is 0. The molecule has 0 fully saturated rings. The van der Waals surface area contributed by atoms with Gasteiger partial charge >= 0.3 is 11.9 Å². The molecule has 0 aliphatic carbocycles. The van der Waals surface area contributed by atoms with E-state index in [1.165, 1.54) is 0 Å². The third kappa shape index (κ3) is 6.49. The summed E-state index contributed by atoms with van der Waals surface area (Å²) in [4.78, 5) is 22.2. The van der Waals surface area contributed by atoms with Crippen LogP contribution in [0.1, 0.15) is 26.7 Å². The van der Waals surface area contributed by atoms with E-state index < -0.39 is 17.9 Å². The monoisotopic (exact) mass is 213 g/mol. The lowest BCUT2D eigenvalue weighted by atomic mass is 10.1. The van der Waals surface area contributed by atoms with Crippen LogP contribution < -0.4 is 0 Å². The lowest BCUT2D eigenvalue weighted by molar-refractivity contribution is -0.154. The normalized spacial score (nSPS) is 11.3. The predicted octanol–water partition coefficient (Wildman–Crippen LogP) is 1.03. The zero-order chi connectivity index (χ0) is 11.7. The fourth-order valence-corrected chi connectivity index (χ4v) is 0.893. The molecule has 0 N–H and O–H groups in total. The molecule has 0 spiro atoms. The number of rotatable bonds is 6. The maximum absolute atomic E-state index is 11.2. The minimum atomic E-state index is -0.525. The Labute approximate surface area is 89.0 Å². The zero-order valence-corrected chi connectivity index (χ0v) is 8.99. The molecule has 5 nitrogen and oxygen atoms in total. The Morgan fingerprint density at radius 3 is 2.60 bits per heavy atom. The van der Waals surface area contributed by atoms with Gasteiger partial charge in [0.1, 0.15) is 6.61 Å². The Kier molecular flexibility index (Phi) is 6.98. The second-order valence-corrected chi connectivity index (χ2v) is 2.99. The van der Waals surface area contributed by atoms with Crippen LogP contribution in [-0.2, 0) is 19.1 Å². The minimum absolute atomic E-state index is 0.0131. The van der Waals surface area contributed by atoms with Gasteiger partial charge in [0, 0.05) is 0 Å². The number of esters is 2. The number of hydrogen-bond donors (Lipinski definition) is 0. The molecule has 0 saturated carbocycles. The van der Waals surface area contributed by atoms with E-state index in [1.54, 1.807) is 13.8 Å². The van der Waals surface area contributed by atoms with Crippen LogP contribution in [-0.4, -0.2) is 25.2 Å². The van der Waals surface area contributed by atoms with Gasteiger partial charge in [-0.05, 0) is 6.92 Å². The lowest BCUT2D eigenvalue weighted by Crippen LogP contribution is -2.19. The molecule has 5 heteroatoms. The predicted molar refractivity (Wildman–Crippen MR) is 51.6 cm³/mol. The van der Waals surface area contributed by atoms with Crippen molar-refractivity contribution in [3.05, 3.63) is 0 Å². The molecule has 15 heavy (non-hydrogen) atoms. The van der Waals surface area contributed by atoms with Crippen molar-refractivity contribution in [1.82, 2.24) is 0 Å². The topological polar surface area (TPSA) is 76.4 Å². The molecule has 84 valence electrons. The zero-order valence-electron chi connectivity index (χ0n) is 8.99. The van der Waals surface area contributed by atoms with Crippen LogP contribution in [0.3, 0.4) is 0 Å². The molecule has 0 aromatic heterocycles. The van der Waals surface area contributed by atoms with Gasteiger partial charge in [0.2, 0.25) is 0 Å². The molecule has 0 aliphatic rings. The van der Waals surface area contributed by atoms with Gasteiger partial charge in [-0.1, -0.05) is 6.92 Å². The van der Waals surface area contributed by atoms with Crippen molar-refractivity contribution in [2.24, 2.45) is 5.92 Å². The van der Waals surface area contributed by atoms with Crippen LogP contribution in [0.15, 0.2) is 0 Å². The van der Waals surface area contributed by atoms with Gasteiger partial charge in [0.25, 0.3) is 0 Å². The highest BCUT2D eigenvalue weighted by atomic mass is 16.5. The van der Waals surface area contributed by atoms with E-state index in [2.05, 4.69) is 4.74 Å². The first-order chi connectivity index (χ1) is 7.11. The first-order valence-electron chi connectivity index (χ1n) is 4.81. The quantitative estimate of drug-likeness (QED) is 0.486. The molecule has 0 aromatic carbocycles. The Morgan fingerprint density at radius 2 is 2.07 bits per heavy atom. The molecule has 0 aromatic rings. The number of carbonyl (C=O) groups excluding carboxylic acids is 2. The van der Waals surface area contributed by atoms with Crippen LogP contribution in [0.25, 0.3) is 0 Å². The molecule has 0 radical (unpaired) electrons. The fraction of sp³-hybridized carbons (Fsp3) is 0.700. The van der Waals surface area contributed by atoms with E-state index in [0.717, 1.165) is 0 Å². The standard InChI is InChI=1S/C10H15NO4/c1-3-14-9(12)7-8(2)10(13)15-6-4-5-11/h8H,3-4,6-7H2,1-2H3. The summed E-state index contributed by atoms with van der Waals surface area (Å²) in [5.74, 6) is -1.41. The summed E-state index contributed by atoms with van der Waals surface area (Å²) in [6.45, 7) is 3.66. The third-order valence-corrected chi connectivity index (χ3v) is 1.64. The molecule has 0 saturated heterocycles. The molecule has 0 bridgehead atoms. The van der Waals surface area contributed by atoms with Crippen molar-refractivity contribution in [2.45, 2.75) is 26.7 Å². The van der Waals surface area contributed by atoms with E-state index in [0.29, 0.717) is 6.61 Å². The van der Waals surface area contributed by atoms with Crippen LogP contribution in [0.5, 0.6) is 0 Å². The summed E-state index contributed by atoms with van der Waals surface area (Å²) in [6, 6.07) is 1.85. The molecule has 1 unspecified atom stereocenters. The molecule has 0 rings (SSSR count). The Balaban J connectivity index is 3.79. The van der Waals surface area contributed by atoms with Gasteiger partial charge in [-0.2, -0.15) is 5.26 Å². The van der Waals surface area contributed by atoms with Crippen molar-refractivity contribution < 1.29 is 19.1 Å². The number of carbonyl (C=O) groups is 2. The van der Waals surface area contributed by atoms with Crippen LogP contribution in [0.2, 0.25) is 0 Å². The van der Waals surface area contributed by atoms with E-state index in [-0.39, 0.29) is 19.4 Å². The van der Waals surface area contributed by atoms with Crippen molar-refractivity contribution in [2.75, 3.05) is 13.2 Å². The highest BCUT2D eigenvalue weighted by Crippen LogP contribution is 2.06. The minimum Gasteiger partial charge on any atom is -0.466 e. The van der Waals surface area contributed by atoms with E-state index in [4.69, 9.17) is 10.00 Å². The number of hydrogen-bond acceptors (Lipinski definition) is 5. The largest absolute Gasteiger partial charge is 0.466 e. The Bertz CT molecular complexity index is 257. The fourth-order valence-electron chi connectivity index (χ4n) is 0.893. The Hall–Kier alpha value is -1.57. The summed E-state index contributed by atoms with van der Waals surface area (Å²) in [7, 11) is 0. The van der Waals surface area contributed by atoms with Crippen molar-refractivity contribution in [3.63, 3.8) is 0 Å². The van der Waals surface area contributed by atoms with Gasteiger partial charge in [-0.25, -0.2) is 0 Å². The molecular weight excluding hydrogens is 198 g/mol. The van der Waals surface area contributed by atoms with Gasteiger partial charge in [-0.15, -0.1) is 0 Å². The molecular formula is C10H15NO4. The lowest BCUT2D eigenvalue weighted by Gasteiger charge is -2.09. The SMILES string of the molecule is CCOC(=O)CC(C)C(=O)OCCC#N.